The number of alkyl halides is 3. The summed E-state index contributed by atoms with van der Waals surface area (Å²) in [6.07, 6.45) is -4.48. The zero-order valence-corrected chi connectivity index (χ0v) is 15.3. The van der Waals surface area contributed by atoms with E-state index in [2.05, 4.69) is 15.1 Å². The van der Waals surface area contributed by atoms with Gasteiger partial charge in [0, 0.05) is 23.9 Å². The van der Waals surface area contributed by atoms with Crippen molar-refractivity contribution in [3.63, 3.8) is 0 Å². The number of aliphatic carboxylic acids is 1. The first-order valence-corrected chi connectivity index (χ1v) is 8.23. The second-order valence-corrected chi connectivity index (χ2v) is 6.42. The molecule has 2 rings (SSSR count). The average Bonchev–Trinajstić information content (AvgIpc) is 2.96. The quantitative estimate of drug-likeness (QED) is 0.814. The third kappa shape index (κ3) is 4.52. The smallest absolute Gasteiger partial charge is 0.453 e. The van der Waals surface area contributed by atoms with Crippen LogP contribution < -0.4 is 0 Å². The van der Waals surface area contributed by atoms with Crippen LogP contribution in [0.4, 0.5) is 13.2 Å². The molecule has 0 aromatic carbocycles. The second-order valence-electron chi connectivity index (χ2n) is 6.42. The van der Waals surface area contributed by atoms with Crippen LogP contribution in [0.15, 0.2) is 0 Å². The van der Waals surface area contributed by atoms with Gasteiger partial charge in [-0.3, -0.25) is 9.59 Å². The summed E-state index contributed by atoms with van der Waals surface area (Å²) in [6, 6.07) is -0.291. The molecule has 0 atom stereocenters. The molecular formula is C16H20F3N5O3. The van der Waals surface area contributed by atoms with Gasteiger partial charge in [0.25, 0.3) is 11.6 Å². The Balaban J connectivity index is 2.28. The molecule has 1 amide bonds. The van der Waals surface area contributed by atoms with E-state index in [1.54, 1.807) is 27.7 Å². The van der Waals surface area contributed by atoms with E-state index in [-0.39, 0.29) is 30.6 Å². The molecule has 0 aliphatic rings. The summed E-state index contributed by atoms with van der Waals surface area (Å²) in [6.45, 7) is 6.20. The Labute approximate surface area is 153 Å². The lowest BCUT2D eigenvalue weighted by Crippen LogP contribution is -2.40. The zero-order chi connectivity index (χ0) is 20.5. The molecule has 148 valence electrons. The average molecular weight is 387 g/mol. The van der Waals surface area contributed by atoms with E-state index in [1.807, 2.05) is 0 Å². The summed E-state index contributed by atoms with van der Waals surface area (Å²) >= 11 is 0. The number of nitrogens with zero attached hydrogens (tertiary/aromatic N) is 5. The van der Waals surface area contributed by atoms with Crippen LogP contribution in [0.25, 0.3) is 5.78 Å². The van der Waals surface area contributed by atoms with Crippen LogP contribution in [0.5, 0.6) is 0 Å². The number of fused-ring (bicyclic) bond motifs is 1. The van der Waals surface area contributed by atoms with E-state index in [1.165, 1.54) is 4.90 Å². The normalized spacial score (nSPS) is 12.0. The van der Waals surface area contributed by atoms with Crippen molar-refractivity contribution in [1.82, 2.24) is 24.5 Å². The van der Waals surface area contributed by atoms with Gasteiger partial charge in [0.2, 0.25) is 5.91 Å². The molecule has 0 saturated carbocycles. The highest BCUT2D eigenvalue weighted by molar-refractivity contribution is 5.81. The number of carboxylic acid groups (broad SMARTS) is 1. The number of aromatic nitrogens is 4. The largest absolute Gasteiger partial charge is 0.480 e. The maximum atomic E-state index is 12.8. The summed E-state index contributed by atoms with van der Waals surface area (Å²) in [5.41, 5.74) is 1.43. The summed E-state index contributed by atoms with van der Waals surface area (Å²) in [4.78, 5) is 32.0. The fraction of sp³-hybridized carbons (Fsp3) is 0.562. The first-order chi connectivity index (χ1) is 12.4. The van der Waals surface area contributed by atoms with Gasteiger partial charge in [-0.25, -0.2) is 9.50 Å². The van der Waals surface area contributed by atoms with Crippen molar-refractivity contribution in [1.29, 1.82) is 0 Å². The third-order valence-electron chi connectivity index (χ3n) is 4.14. The number of rotatable bonds is 6. The molecule has 0 fully saturated rings. The first kappa shape index (κ1) is 20.6. The highest BCUT2D eigenvalue weighted by atomic mass is 19.4. The number of halogens is 3. The third-order valence-corrected chi connectivity index (χ3v) is 4.14. The van der Waals surface area contributed by atoms with Gasteiger partial charge in [-0.2, -0.15) is 18.2 Å². The standard InChI is InChI=1S/C16H20F3N5O3/c1-8(2)23(7-13(26)27)12(25)6-5-11-9(3)20-15-21-14(16(17,18)19)22-24(15)10(11)4/h8H,5-7H2,1-4H3,(H,26,27). The van der Waals surface area contributed by atoms with Crippen molar-refractivity contribution in [2.75, 3.05) is 6.54 Å². The van der Waals surface area contributed by atoms with Gasteiger partial charge in [0.1, 0.15) is 6.54 Å². The molecule has 0 spiro atoms. The molecule has 1 N–H and O–H groups in total. The van der Waals surface area contributed by atoms with Crippen molar-refractivity contribution in [3.05, 3.63) is 22.8 Å². The summed E-state index contributed by atoms with van der Waals surface area (Å²) in [5.74, 6) is -2.92. The Morgan fingerprint density at radius 2 is 1.85 bits per heavy atom. The molecule has 11 heteroatoms. The van der Waals surface area contributed by atoms with Gasteiger partial charge in [0.05, 0.1) is 0 Å². The predicted octanol–water partition coefficient (Wildman–Crippen LogP) is 2.01. The van der Waals surface area contributed by atoms with Gasteiger partial charge >= 0.3 is 12.1 Å². The second kappa shape index (κ2) is 7.49. The Morgan fingerprint density at radius 3 is 2.37 bits per heavy atom. The fourth-order valence-electron chi connectivity index (χ4n) is 2.77. The lowest BCUT2D eigenvalue weighted by molar-refractivity contribution is -0.145. The van der Waals surface area contributed by atoms with Crippen molar-refractivity contribution in [3.8, 4) is 0 Å². The van der Waals surface area contributed by atoms with Gasteiger partial charge in [-0.05, 0) is 39.7 Å². The van der Waals surface area contributed by atoms with Crippen LogP contribution in [0.1, 0.15) is 43.0 Å². The minimum absolute atomic E-state index is 0.00114. The molecule has 0 unspecified atom stereocenters. The van der Waals surface area contributed by atoms with E-state index in [9.17, 15) is 22.8 Å². The number of carboxylic acids is 1. The number of hydrogen-bond acceptors (Lipinski definition) is 5. The molecule has 0 saturated heterocycles. The maximum absolute atomic E-state index is 12.8. The number of aryl methyl sites for hydroxylation is 2. The molecule has 8 nitrogen and oxygen atoms in total. The lowest BCUT2D eigenvalue weighted by atomic mass is 10.1. The lowest BCUT2D eigenvalue weighted by Gasteiger charge is -2.25. The van der Waals surface area contributed by atoms with E-state index in [0.29, 0.717) is 17.0 Å². The Kier molecular flexibility index (Phi) is 5.71. The number of amides is 1. The van der Waals surface area contributed by atoms with E-state index in [4.69, 9.17) is 5.11 Å². The highest BCUT2D eigenvalue weighted by Crippen LogP contribution is 2.27. The SMILES string of the molecule is Cc1nc2nc(C(F)(F)F)nn2c(C)c1CCC(=O)N(CC(=O)O)C(C)C. The molecule has 2 heterocycles. The van der Waals surface area contributed by atoms with Crippen molar-refractivity contribution >= 4 is 17.7 Å². The predicted molar refractivity (Wildman–Crippen MR) is 88.1 cm³/mol. The first-order valence-electron chi connectivity index (χ1n) is 8.23. The molecular weight excluding hydrogens is 367 g/mol. The van der Waals surface area contributed by atoms with Crippen LogP contribution in [0.3, 0.4) is 0 Å². The van der Waals surface area contributed by atoms with Crippen molar-refractivity contribution < 1.29 is 27.9 Å². The van der Waals surface area contributed by atoms with Crippen LogP contribution in [0.2, 0.25) is 0 Å². The van der Waals surface area contributed by atoms with Gasteiger partial charge < -0.3 is 10.0 Å². The summed E-state index contributed by atoms with van der Waals surface area (Å²) in [7, 11) is 0. The summed E-state index contributed by atoms with van der Waals surface area (Å²) < 4.78 is 39.5. The van der Waals surface area contributed by atoms with Crippen LogP contribution in [0, 0.1) is 13.8 Å². The summed E-state index contributed by atoms with van der Waals surface area (Å²) in [5, 5.41) is 12.4. The molecule has 27 heavy (non-hydrogen) atoms. The molecule has 2 aromatic rings. The van der Waals surface area contributed by atoms with Crippen LogP contribution >= 0.6 is 0 Å². The minimum atomic E-state index is -4.68. The van der Waals surface area contributed by atoms with E-state index < -0.39 is 24.5 Å². The van der Waals surface area contributed by atoms with Crippen molar-refractivity contribution in [2.45, 2.75) is 52.8 Å². The minimum Gasteiger partial charge on any atom is -0.480 e. The number of carbonyl (C=O) groups excluding carboxylic acids is 1. The Bertz CT molecular complexity index is 876. The van der Waals surface area contributed by atoms with Crippen molar-refractivity contribution in [2.24, 2.45) is 0 Å². The Morgan fingerprint density at radius 1 is 1.22 bits per heavy atom. The molecule has 0 bridgehead atoms. The van der Waals surface area contributed by atoms with Gasteiger partial charge in [-0.1, -0.05) is 0 Å². The number of hydrogen-bond donors (Lipinski definition) is 1. The van der Waals surface area contributed by atoms with Crippen LogP contribution in [-0.2, 0) is 22.2 Å². The molecule has 0 aliphatic carbocycles. The maximum Gasteiger partial charge on any atom is 0.453 e. The molecule has 0 radical (unpaired) electrons. The Hall–Kier alpha value is -2.72. The van der Waals surface area contributed by atoms with E-state index in [0.717, 1.165) is 4.52 Å². The van der Waals surface area contributed by atoms with Gasteiger partial charge in [0.15, 0.2) is 0 Å². The topological polar surface area (TPSA) is 101 Å². The van der Waals surface area contributed by atoms with E-state index >= 15 is 0 Å². The zero-order valence-electron chi connectivity index (χ0n) is 15.3. The number of carbonyl (C=O) groups is 2. The molecule has 0 aliphatic heterocycles. The fourth-order valence-corrected chi connectivity index (χ4v) is 2.77. The van der Waals surface area contributed by atoms with Crippen LogP contribution in [-0.4, -0.2) is 54.1 Å². The highest BCUT2D eigenvalue weighted by Gasteiger charge is 2.37. The van der Waals surface area contributed by atoms with Gasteiger partial charge in [-0.15, -0.1) is 5.10 Å². The molecule has 2 aromatic heterocycles. The monoisotopic (exact) mass is 387 g/mol.